The molecule has 0 aliphatic carbocycles. The largest absolute Gasteiger partial charge is 0.382 e. The summed E-state index contributed by atoms with van der Waals surface area (Å²) in [6.07, 6.45) is 8.41. The summed E-state index contributed by atoms with van der Waals surface area (Å²) in [6.45, 7) is 2.23. The third kappa shape index (κ3) is 2.78. The second-order valence-electron chi connectivity index (χ2n) is 4.22. The molecule has 0 amide bonds. The number of rotatable bonds is 5. The van der Waals surface area contributed by atoms with Gasteiger partial charge in [0.1, 0.15) is 0 Å². The predicted molar refractivity (Wildman–Crippen MR) is 66.9 cm³/mol. The van der Waals surface area contributed by atoms with E-state index in [1.807, 2.05) is 18.2 Å². The van der Waals surface area contributed by atoms with Crippen LogP contribution in [0.1, 0.15) is 44.6 Å². The molecule has 2 heteroatoms. The molecule has 86 valence electrons. The Balaban J connectivity index is 1.91. The lowest BCUT2D eigenvalue weighted by Crippen LogP contribution is -2.21. The van der Waals surface area contributed by atoms with Crippen molar-refractivity contribution >= 4 is 6.08 Å². The van der Waals surface area contributed by atoms with Crippen molar-refractivity contribution in [1.29, 1.82) is 0 Å². The van der Waals surface area contributed by atoms with E-state index in [0.717, 1.165) is 12.2 Å². The molecule has 0 spiro atoms. The number of nitrogens with one attached hydrogen (secondary N) is 1. The Kier molecular flexibility index (Phi) is 3.86. The highest BCUT2D eigenvalue weighted by atomic mass is 16.6. The fourth-order valence-electron chi connectivity index (χ4n) is 1.90. The molecule has 1 aliphatic rings. The fraction of sp³-hybridized carbons (Fsp3) is 0.429. The van der Waals surface area contributed by atoms with Gasteiger partial charge in [-0.3, -0.25) is 0 Å². The summed E-state index contributed by atoms with van der Waals surface area (Å²) in [5.41, 5.74) is 5.38. The van der Waals surface area contributed by atoms with Crippen LogP contribution in [0.5, 0.6) is 5.75 Å². The standard InChI is InChI=1S/C14H19NO/c1-2-3-4-5-9-13-11-12-8-6-7-10-14(12)16-15-13/h6-8,10-11,15H,2-5,9H2,1H3. The van der Waals surface area contributed by atoms with E-state index in [4.69, 9.17) is 4.84 Å². The van der Waals surface area contributed by atoms with Gasteiger partial charge in [-0.1, -0.05) is 44.4 Å². The lowest BCUT2D eigenvalue weighted by Gasteiger charge is -2.18. The average molecular weight is 217 g/mol. The molecule has 1 aromatic carbocycles. The first-order chi connectivity index (χ1) is 7.90. The van der Waals surface area contributed by atoms with Gasteiger partial charge in [-0.2, -0.15) is 0 Å². The monoisotopic (exact) mass is 217 g/mol. The second kappa shape index (κ2) is 5.59. The number of para-hydroxylation sites is 1. The van der Waals surface area contributed by atoms with Crippen molar-refractivity contribution in [2.45, 2.75) is 39.0 Å². The highest BCUT2D eigenvalue weighted by Gasteiger charge is 2.09. The number of fused-ring (bicyclic) bond motifs is 1. The summed E-state index contributed by atoms with van der Waals surface area (Å²) >= 11 is 0. The molecule has 1 aliphatic heterocycles. The molecule has 0 bridgehead atoms. The van der Waals surface area contributed by atoms with E-state index in [1.165, 1.54) is 36.9 Å². The van der Waals surface area contributed by atoms with E-state index < -0.39 is 0 Å². The Bertz CT molecular complexity index is 371. The average Bonchev–Trinajstić information content (AvgIpc) is 2.34. The maximum atomic E-state index is 5.47. The molecule has 0 atom stereocenters. The zero-order chi connectivity index (χ0) is 11.2. The van der Waals surface area contributed by atoms with Gasteiger partial charge >= 0.3 is 0 Å². The van der Waals surface area contributed by atoms with Crippen LogP contribution in [0.25, 0.3) is 6.08 Å². The third-order valence-electron chi connectivity index (χ3n) is 2.84. The molecule has 0 aromatic heterocycles. The molecule has 0 saturated carbocycles. The maximum absolute atomic E-state index is 5.47. The van der Waals surface area contributed by atoms with Crippen LogP contribution in [0.15, 0.2) is 30.0 Å². The minimum atomic E-state index is 0.916. The Morgan fingerprint density at radius 2 is 2.00 bits per heavy atom. The number of hydrogen-bond donors (Lipinski definition) is 1. The molecule has 16 heavy (non-hydrogen) atoms. The molecule has 2 rings (SSSR count). The number of benzene rings is 1. The van der Waals surface area contributed by atoms with Crippen molar-refractivity contribution in [3.63, 3.8) is 0 Å². The van der Waals surface area contributed by atoms with Crippen molar-refractivity contribution < 1.29 is 4.84 Å². The van der Waals surface area contributed by atoms with E-state index in [9.17, 15) is 0 Å². The second-order valence-corrected chi connectivity index (χ2v) is 4.22. The molecule has 1 N–H and O–H groups in total. The van der Waals surface area contributed by atoms with Crippen molar-refractivity contribution in [2.24, 2.45) is 0 Å². The van der Waals surface area contributed by atoms with Crippen molar-refractivity contribution in [1.82, 2.24) is 5.48 Å². The van der Waals surface area contributed by atoms with Crippen LogP contribution in [0, 0.1) is 0 Å². The lowest BCUT2D eigenvalue weighted by molar-refractivity contribution is 0.220. The van der Waals surface area contributed by atoms with E-state index in [1.54, 1.807) is 0 Å². The van der Waals surface area contributed by atoms with Crippen LogP contribution in [0.2, 0.25) is 0 Å². The molecule has 1 heterocycles. The van der Waals surface area contributed by atoms with Crippen molar-refractivity contribution in [2.75, 3.05) is 0 Å². The summed E-state index contributed by atoms with van der Waals surface area (Å²) < 4.78 is 0. The van der Waals surface area contributed by atoms with Gasteiger partial charge in [-0.15, -0.1) is 0 Å². The van der Waals surface area contributed by atoms with Crippen LogP contribution >= 0.6 is 0 Å². The lowest BCUT2D eigenvalue weighted by atomic mass is 10.1. The van der Waals surface area contributed by atoms with Crippen LogP contribution in [0.3, 0.4) is 0 Å². The van der Waals surface area contributed by atoms with Gasteiger partial charge in [0.2, 0.25) is 0 Å². The summed E-state index contributed by atoms with van der Waals surface area (Å²) in [5.74, 6) is 0.916. The van der Waals surface area contributed by atoms with Gasteiger partial charge in [0.05, 0.1) is 0 Å². The van der Waals surface area contributed by atoms with Gasteiger partial charge in [0.15, 0.2) is 5.75 Å². The minimum absolute atomic E-state index is 0.916. The molecule has 0 radical (unpaired) electrons. The van der Waals surface area contributed by atoms with E-state index in [2.05, 4.69) is 24.5 Å². The zero-order valence-electron chi connectivity index (χ0n) is 9.83. The normalized spacial score (nSPS) is 13.4. The van der Waals surface area contributed by atoms with E-state index >= 15 is 0 Å². The predicted octanol–water partition coefficient (Wildman–Crippen LogP) is 3.89. The summed E-state index contributed by atoms with van der Waals surface area (Å²) in [6, 6.07) is 8.09. The van der Waals surface area contributed by atoms with Gasteiger partial charge in [0, 0.05) is 11.3 Å². The fourth-order valence-corrected chi connectivity index (χ4v) is 1.90. The smallest absolute Gasteiger partial charge is 0.162 e. The van der Waals surface area contributed by atoms with Crippen molar-refractivity contribution in [3.05, 3.63) is 35.5 Å². The molecular weight excluding hydrogens is 198 g/mol. The van der Waals surface area contributed by atoms with E-state index in [0.29, 0.717) is 0 Å². The van der Waals surface area contributed by atoms with Gasteiger partial charge < -0.3 is 4.84 Å². The summed E-state index contributed by atoms with van der Waals surface area (Å²) in [4.78, 5) is 5.47. The Morgan fingerprint density at radius 1 is 1.12 bits per heavy atom. The van der Waals surface area contributed by atoms with Gasteiger partial charge in [-0.05, 0) is 25.0 Å². The first-order valence-electron chi connectivity index (χ1n) is 6.12. The molecule has 0 saturated heterocycles. The number of unbranched alkanes of at least 4 members (excludes halogenated alkanes) is 3. The minimum Gasteiger partial charge on any atom is -0.382 e. The topological polar surface area (TPSA) is 21.3 Å². The van der Waals surface area contributed by atoms with Gasteiger partial charge in [-0.25, -0.2) is 5.48 Å². The molecular formula is C14H19NO. The third-order valence-corrected chi connectivity index (χ3v) is 2.84. The van der Waals surface area contributed by atoms with E-state index in [-0.39, 0.29) is 0 Å². The first-order valence-corrected chi connectivity index (χ1v) is 6.12. The highest BCUT2D eigenvalue weighted by Crippen LogP contribution is 2.25. The Hall–Kier alpha value is -1.44. The number of hydroxylamine groups is 1. The SMILES string of the molecule is CCCCCCC1=Cc2ccccc2ON1. The maximum Gasteiger partial charge on any atom is 0.162 e. The molecule has 2 nitrogen and oxygen atoms in total. The zero-order valence-corrected chi connectivity index (χ0v) is 9.83. The number of allylic oxidation sites excluding steroid dienone is 1. The summed E-state index contributed by atoms with van der Waals surface area (Å²) in [5, 5.41) is 0. The van der Waals surface area contributed by atoms with Crippen LogP contribution < -0.4 is 10.3 Å². The quantitative estimate of drug-likeness (QED) is 0.755. The molecule has 1 aromatic rings. The van der Waals surface area contributed by atoms with Crippen LogP contribution in [0.4, 0.5) is 0 Å². The first kappa shape index (κ1) is 11.1. The van der Waals surface area contributed by atoms with Crippen LogP contribution in [-0.2, 0) is 0 Å². The van der Waals surface area contributed by atoms with Crippen LogP contribution in [-0.4, -0.2) is 0 Å². The summed E-state index contributed by atoms with van der Waals surface area (Å²) in [7, 11) is 0. The van der Waals surface area contributed by atoms with Gasteiger partial charge in [0.25, 0.3) is 0 Å². The highest BCUT2D eigenvalue weighted by molar-refractivity contribution is 5.60. The van der Waals surface area contributed by atoms with Crippen molar-refractivity contribution in [3.8, 4) is 5.75 Å². The Labute approximate surface area is 97.3 Å². The molecule has 0 unspecified atom stereocenters. The molecule has 0 fully saturated rings. The number of hydrogen-bond acceptors (Lipinski definition) is 2. The Morgan fingerprint density at radius 3 is 2.88 bits per heavy atom.